The van der Waals surface area contributed by atoms with Crippen LogP contribution in [0.1, 0.15) is 45.1 Å². The van der Waals surface area contributed by atoms with Gasteiger partial charge in [-0.1, -0.05) is 29.8 Å². The second kappa shape index (κ2) is 6.70. The number of anilines is 1. The summed E-state index contributed by atoms with van der Waals surface area (Å²) in [5.74, 6) is 1.89. The maximum absolute atomic E-state index is 3.63. The van der Waals surface area contributed by atoms with Crippen molar-refractivity contribution < 1.29 is 0 Å². The highest BCUT2D eigenvalue weighted by molar-refractivity contribution is 9.10. The molecule has 2 saturated carbocycles. The average Bonchev–Trinajstić information content (AvgIpc) is 3.31. The van der Waals surface area contributed by atoms with E-state index in [9.17, 15) is 0 Å². The van der Waals surface area contributed by atoms with Crippen molar-refractivity contribution in [2.24, 2.45) is 11.8 Å². The first-order valence-electron chi connectivity index (χ1n) is 8.38. The van der Waals surface area contributed by atoms with Gasteiger partial charge in [0, 0.05) is 35.8 Å². The van der Waals surface area contributed by atoms with Crippen molar-refractivity contribution in [2.75, 3.05) is 18.0 Å². The van der Waals surface area contributed by atoms with E-state index in [-0.39, 0.29) is 0 Å². The van der Waals surface area contributed by atoms with E-state index in [1.807, 2.05) is 0 Å². The lowest BCUT2D eigenvalue weighted by atomic mass is 10.1. The minimum Gasteiger partial charge on any atom is -0.371 e. The van der Waals surface area contributed by atoms with Crippen LogP contribution in [0.4, 0.5) is 5.69 Å². The second-order valence-electron chi connectivity index (χ2n) is 7.10. The number of hydrogen-bond donors (Lipinski definition) is 1. The minimum atomic E-state index is 0.525. The molecule has 0 aliphatic heterocycles. The summed E-state index contributed by atoms with van der Waals surface area (Å²) in [6.45, 7) is 7.89. The molecule has 0 saturated heterocycles. The van der Waals surface area contributed by atoms with Crippen LogP contribution in [-0.4, -0.2) is 19.1 Å². The smallest absolute Gasteiger partial charge is 0.0412 e. The third-order valence-corrected chi connectivity index (χ3v) is 4.93. The maximum Gasteiger partial charge on any atom is 0.0412 e. The molecule has 3 heteroatoms. The molecule has 0 radical (unpaired) electrons. The van der Waals surface area contributed by atoms with E-state index in [2.05, 4.69) is 58.2 Å². The van der Waals surface area contributed by atoms with Crippen molar-refractivity contribution >= 4 is 21.6 Å². The fourth-order valence-electron chi connectivity index (χ4n) is 2.81. The summed E-state index contributed by atoms with van der Waals surface area (Å²) in [6.07, 6.45) is 5.71. The van der Waals surface area contributed by atoms with Crippen molar-refractivity contribution in [3.63, 3.8) is 0 Å². The molecule has 0 spiro atoms. The predicted octanol–water partition coefficient (Wildman–Crippen LogP) is 4.57. The van der Waals surface area contributed by atoms with Gasteiger partial charge in [-0.15, -0.1) is 0 Å². The average molecular weight is 351 g/mol. The lowest BCUT2D eigenvalue weighted by Gasteiger charge is -2.28. The summed E-state index contributed by atoms with van der Waals surface area (Å²) in [4.78, 5) is 2.67. The molecule has 1 aromatic rings. The largest absolute Gasteiger partial charge is 0.371 e. The molecule has 0 unspecified atom stereocenters. The molecule has 2 fully saturated rings. The van der Waals surface area contributed by atoms with Gasteiger partial charge in [0.25, 0.3) is 0 Å². The van der Waals surface area contributed by atoms with E-state index >= 15 is 0 Å². The maximum atomic E-state index is 3.63. The SMILES string of the molecule is CC(C)NCc1cc(Br)ccc1N(CC1CC1)CC1CC1. The highest BCUT2D eigenvalue weighted by Gasteiger charge is 2.30. The van der Waals surface area contributed by atoms with Gasteiger partial charge in [0.2, 0.25) is 0 Å². The van der Waals surface area contributed by atoms with Gasteiger partial charge in [0.15, 0.2) is 0 Å². The summed E-state index contributed by atoms with van der Waals surface area (Å²) in [6, 6.07) is 7.32. The Morgan fingerprint density at radius 1 is 1.14 bits per heavy atom. The molecular formula is C18H27BrN2. The van der Waals surface area contributed by atoms with Crippen molar-refractivity contribution in [1.82, 2.24) is 5.32 Å². The van der Waals surface area contributed by atoms with Crippen molar-refractivity contribution in [3.05, 3.63) is 28.2 Å². The molecule has 1 N–H and O–H groups in total. The van der Waals surface area contributed by atoms with Gasteiger partial charge < -0.3 is 10.2 Å². The predicted molar refractivity (Wildman–Crippen MR) is 93.8 cm³/mol. The molecule has 2 aliphatic rings. The van der Waals surface area contributed by atoms with Gasteiger partial charge in [-0.05, 0) is 61.3 Å². The summed E-state index contributed by atoms with van der Waals surface area (Å²) in [5, 5.41) is 3.57. The van der Waals surface area contributed by atoms with E-state index in [1.165, 1.54) is 54.5 Å². The molecule has 0 amide bonds. The Balaban J connectivity index is 1.78. The van der Waals surface area contributed by atoms with E-state index in [4.69, 9.17) is 0 Å². The first-order valence-corrected chi connectivity index (χ1v) is 9.18. The Morgan fingerprint density at radius 2 is 1.76 bits per heavy atom. The third kappa shape index (κ3) is 4.72. The van der Waals surface area contributed by atoms with Gasteiger partial charge >= 0.3 is 0 Å². The van der Waals surface area contributed by atoms with Crippen LogP contribution in [0.3, 0.4) is 0 Å². The molecule has 0 aromatic heterocycles. The standard InChI is InChI=1S/C18H27BrN2/c1-13(2)20-10-16-9-17(19)7-8-18(16)21(11-14-3-4-14)12-15-5-6-15/h7-9,13-15,20H,3-6,10-12H2,1-2H3. The van der Waals surface area contributed by atoms with Crippen molar-refractivity contribution in [2.45, 2.75) is 52.1 Å². The molecule has 116 valence electrons. The number of halogens is 1. The monoisotopic (exact) mass is 350 g/mol. The number of hydrogen-bond acceptors (Lipinski definition) is 2. The molecule has 2 aliphatic carbocycles. The highest BCUT2D eigenvalue weighted by Crippen LogP contribution is 2.37. The zero-order valence-electron chi connectivity index (χ0n) is 13.2. The topological polar surface area (TPSA) is 15.3 Å². The Labute approximate surface area is 137 Å². The molecule has 3 rings (SSSR count). The van der Waals surface area contributed by atoms with Crippen LogP contribution >= 0.6 is 15.9 Å². The second-order valence-corrected chi connectivity index (χ2v) is 8.02. The molecule has 2 nitrogen and oxygen atoms in total. The van der Waals surface area contributed by atoms with Crippen LogP contribution in [0, 0.1) is 11.8 Å². The van der Waals surface area contributed by atoms with Crippen LogP contribution in [0.15, 0.2) is 22.7 Å². The van der Waals surface area contributed by atoms with Gasteiger partial charge in [-0.3, -0.25) is 0 Å². The van der Waals surface area contributed by atoms with E-state index < -0.39 is 0 Å². The van der Waals surface area contributed by atoms with E-state index in [1.54, 1.807) is 0 Å². The van der Waals surface area contributed by atoms with Crippen LogP contribution in [0.25, 0.3) is 0 Å². The van der Waals surface area contributed by atoms with Crippen LogP contribution in [0.2, 0.25) is 0 Å². The zero-order valence-corrected chi connectivity index (χ0v) is 14.8. The zero-order chi connectivity index (χ0) is 14.8. The lowest BCUT2D eigenvalue weighted by Crippen LogP contribution is -2.30. The lowest BCUT2D eigenvalue weighted by molar-refractivity contribution is 0.585. The first-order chi connectivity index (χ1) is 10.1. The highest BCUT2D eigenvalue weighted by atomic mass is 79.9. The minimum absolute atomic E-state index is 0.525. The summed E-state index contributed by atoms with van der Waals surface area (Å²) in [7, 11) is 0. The molecule has 0 bridgehead atoms. The number of benzene rings is 1. The molecule has 0 heterocycles. The summed E-state index contributed by atoms with van der Waals surface area (Å²) in [5.41, 5.74) is 2.88. The Hall–Kier alpha value is -0.540. The van der Waals surface area contributed by atoms with Crippen LogP contribution in [-0.2, 0) is 6.54 Å². The Kier molecular flexibility index (Phi) is 4.90. The van der Waals surface area contributed by atoms with Crippen molar-refractivity contribution in [1.29, 1.82) is 0 Å². The van der Waals surface area contributed by atoms with Crippen molar-refractivity contribution in [3.8, 4) is 0 Å². The summed E-state index contributed by atoms with van der Waals surface area (Å²) >= 11 is 3.63. The summed E-state index contributed by atoms with van der Waals surface area (Å²) < 4.78 is 1.18. The van der Waals surface area contributed by atoms with Crippen LogP contribution in [0.5, 0.6) is 0 Å². The van der Waals surface area contributed by atoms with Crippen LogP contribution < -0.4 is 10.2 Å². The number of nitrogens with one attached hydrogen (secondary N) is 1. The van der Waals surface area contributed by atoms with Gasteiger partial charge in [-0.2, -0.15) is 0 Å². The fraction of sp³-hybridized carbons (Fsp3) is 0.667. The molecular weight excluding hydrogens is 324 g/mol. The Bertz CT molecular complexity index is 464. The van der Waals surface area contributed by atoms with Gasteiger partial charge in [0.1, 0.15) is 0 Å². The fourth-order valence-corrected chi connectivity index (χ4v) is 3.22. The molecule has 0 atom stereocenters. The number of nitrogens with zero attached hydrogens (tertiary/aromatic N) is 1. The first kappa shape index (κ1) is 15.4. The third-order valence-electron chi connectivity index (χ3n) is 4.43. The molecule has 21 heavy (non-hydrogen) atoms. The normalized spacial score (nSPS) is 18.3. The Morgan fingerprint density at radius 3 is 2.29 bits per heavy atom. The van der Waals surface area contributed by atoms with Gasteiger partial charge in [0.05, 0.1) is 0 Å². The molecule has 1 aromatic carbocycles. The van der Waals surface area contributed by atoms with Gasteiger partial charge in [-0.25, -0.2) is 0 Å². The quantitative estimate of drug-likeness (QED) is 0.738. The number of rotatable bonds is 8. The van der Waals surface area contributed by atoms with E-state index in [0.29, 0.717) is 6.04 Å². The van der Waals surface area contributed by atoms with E-state index in [0.717, 1.165) is 18.4 Å².